The van der Waals surface area contributed by atoms with Crippen molar-refractivity contribution in [3.63, 3.8) is 0 Å². The van der Waals surface area contributed by atoms with Crippen LogP contribution in [0.5, 0.6) is 5.75 Å². The van der Waals surface area contributed by atoms with Crippen LogP contribution in [0.1, 0.15) is 65.5 Å². The van der Waals surface area contributed by atoms with Crippen LogP contribution in [0.4, 0.5) is 0 Å². The van der Waals surface area contributed by atoms with Gasteiger partial charge in [-0.2, -0.15) is 0 Å². The zero-order valence-electron chi connectivity index (χ0n) is 18.4. The maximum Gasteiger partial charge on any atom is 0.245 e. The number of hydrogen-bond acceptors (Lipinski definition) is 4. The van der Waals surface area contributed by atoms with Gasteiger partial charge in [-0.25, -0.2) is 0 Å². The number of carbonyl (C=O) groups is 2. The third kappa shape index (κ3) is 15.6. The van der Waals surface area contributed by atoms with Gasteiger partial charge in [-0.15, -0.1) is 0 Å². The van der Waals surface area contributed by atoms with Gasteiger partial charge in [-0.05, 0) is 37.0 Å². The van der Waals surface area contributed by atoms with Gasteiger partial charge in [0.25, 0.3) is 0 Å². The predicted octanol–water partition coefficient (Wildman–Crippen LogP) is 4.52. The second-order valence-electron chi connectivity index (χ2n) is 5.29. The van der Waals surface area contributed by atoms with Crippen LogP contribution in [0, 0.1) is 6.92 Å². The lowest BCUT2D eigenvalue weighted by Crippen LogP contribution is -2.22. The molecule has 1 aromatic carbocycles. The first-order chi connectivity index (χ1) is 12.3. The van der Waals surface area contributed by atoms with Gasteiger partial charge in [-0.1, -0.05) is 53.7 Å². The first-order valence-electron chi connectivity index (χ1n) is 9.24. The average molecular weight is 370 g/mol. The van der Waals surface area contributed by atoms with Crippen LogP contribution in [0.25, 0.3) is 0 Å². The Morgan fingerprint density at radius 3 is 1.96 bits per heavy atom. The molecule has 1 rings (SSSR count). The van der Waals surface area contributed by atoms with Crippen molar-refractivity contribution < 1.29 is 19.1 Å². The Morgan fingerprint density at radius 2 is 1.62 bits per heavy atom. The molecule has 1 aromatic rings. The predicted molar refractivity (Wildman–Crippen MR) is 110 cm³/mol. The quantitative estimate of drug-likeness (QED) is 0.801. The number of amides is 1. The van der Waals surface area contributed by atoms with Crippen LogP contribution in [-0.4, -0.2) is 39.1 Å². The molecule has 0 aromatic heterocycles. The molecule has 0 bridgehead atoms. The summed E-state index contributed by atoms with van der Waals surface area (Å²) in [6.45, 7) is 16.1. The highest BCUT2D eigenvalue weighted by molar-refractivity contribution is 5.77. The number of ether oxygens (including phenoxy) is 2. The number of hydrogen-bond donors (Lipinski definition) is 1. The number of rotatable bonds is 6. The summed E-state index contributed by atoms with van der Waals surface area (Å²) < 4.78 is 9.97. The molecule has 0 atom stereocenters. The number of methoxy groups -OCH3 is 1. The summed E-state index contributed by atoms with van der Waals surface area (Å²) in [5, 5.41) is 2.40. The molecular weight excluding hydrogens is 330 g/mol. The molecule has 0 aliphatic heterocycles. The zero-order valence-corrected chi connectivity index (χ0v) is 18.4. The van der Waals surface area contributed by atoms with E-state index in [0.717, 1.165) is 16.9 Å². The molecule has 0 aliphatic rings. The second kappa shape index (κ2) is 19.4. The number of ketones is 1. The monoisotopic (exact) mass is 369 g/mol. The van der Waals surface area contributed by atoms with Crippen LogP contribution in [0.15, 0.2) is 18.2 Å². The highest BCUT2D eigenvalue weighted by Gasteiger charge is 2.08. The Hall–Kier alpha value is -1.88. The van der Waals surface area contributed by atoms with Gasteiger partial charge in [0, 0.05) is 14.2 Å². The largest absolute Gasteiger partial charge is 0.486 e. The van der Waals surface area contributed by atoms with E-state index in [-0.39, 0.29) is 24.9 Å². The third-order valence-corrected chi connectivity index (χ3v) is 2.78. The standard InChI is InChI=1S/C13H18O2.C4H9NO2.2C2H6/c1-9(2)12-6-5-10(3)7-13(12)15-8-11(4)14;1-5-4(6)3-7-2;2*1-2/h5-7,9H,8H2,1-4H3;3H2,1-2H3,(H,5,6);2*1-2H3. The minimum absolute atomic E-state index is 0.0474. The minimum Gasteiger partial charge on any atom is -0.486 e. The third-order valence-electron chi connectivity index (χ3n) is 2.78. The van der Waals surface area contributed by atoms with Crippen LogP contribution in [-0.2, 0) is 14.3 Å². The van der Waals surface area contributed by atoms with Crippen LogP contribution < -0.4 is 10.1 Å². The molecule has 0 saturated carbocycles. The van der Waals surface area contributed by atoms with Crippen molar-refractivity contribution >= 4 is 11.7 Å². The molecule has 0 fully saturated rings. The molecule has 0 unspecified atom stereocenters. The SMILES string of the molecule is CC.CC.CC(=O)COc1cc(C)ccc1C(C)C.CNC(=O)COC. The molecule has 0 heterocycles. The average Bonchev–Trinajstić information content (AvgIpc) is 2.63. The molecule has 0 radical (unpaired) electrons. The minimum atomic E-state index is -0.0949. The summed E-state index contributed by atoms with van der Waals surface area (Å²) in [6, 6.07) is 6.11. The van der Waals surface area contributed by atoms with Gasteiger partial charge in [0.1, 0.15) is 19.0 Å². The van der Waals surface area contributed by atoms with Crippen molar-refractivity contribution in [3.8, 4) is 5.75 Å². The van der Waals surface area contributed by atoms with Crippen LogP contribution >= 0.6 is 0 Å². The molecule has 0 spiro atoms. The smallest absolute Gasteiger partial charge is 0.245 e. The first kappa shape index (κ1) is 28.9. The van der Waals surface area contributed by atoms with E-state index in [2.05, 4.69) is 36.0 Å². The van der Waals surface area contributed by atoms with E-state index < -0.39 is 0 Å². The van der Waals surface area contributed by atoms with Crippen molar-refractivity contribution in [2.45, 2.75) is 61.3 Å². The lowest BCUT2D eigenvalue weighted by Gasteiger charge is -2.13. The van der Waals surface area contributed by atoms with Crippen molar-refractivity contribution in [1.82, 2.24) is 5.32 Å². The summed E-state index contributed by atoms with van der Waals surface area (Å²) in [5.74, 6) is 1.20. The highest BCUT2D eigenvalue weighted by atomic mass is 16.5. The topological polar surface area (TPSA) is 64.6 Å². The molecule has 152 valence electrons. The molecule has 1 amide bonds. The van der Waals surface area contributed by atoms with Crippen LogP contribution in [0.2, 0.25) is 0 Å². The lowest BCUT2D eigenvalue weighted by molar-refractivity contribution is -0.124. The van der Waals surface area contributed by atoms with Gasteiger partial charge in [0.05, 0.1) is 0 Å². The van der Waals surface area contributed by atoms with E-state index in [1.54, 1.807) is 7.05 Å². The maximum atomic E-state index is 10.9. The summed E-state index contributed by atoms with van der Waals surface area (Å²) in [4.78, 5) is 21.0. The number of likely N-dealkylation sites (N-methyl/N-ethyl adjacent to an activating group) is 1. The maximum absolute atomic E-state index is 10.9. The van der Waals surface area contributed by atoms with Gasteiger partial charge in [-0.3, -0.25) is 9.59 Å². The normalized spacial score (nSPS) is 8.73. The van der Waals surface area contributed by atoms with Gasteiger partial charge in [0.15, 0.2) is 5.78 Å². The van der Waals surface area contributed by atoms with Crippen molar-refractivity contribution in [2.75, 3.05) is 27.4 Å². The molecular formula is C21H39NO4. The molecule has 0 aliphatic carbocycles. The van der Waals surface area contributed by atoms with E-state index in [1.165, 1.54) is 14.0 Å². The number of benzene rings is 1. The Bertz CT molecular complexity index is 485. The Labute approximate surface area is 160 Å². The van der Waals surface area contributed by atoms with Gasteiger partial charge >= 0.3 is 0 Å². The first-order valence-corrected chi connectivity index (χ1v) is 9.24. The van der Waals surface area contributed by atoms with E-state index in [0.29, 0.717) is 5.92 Å². The summed E-state index contributed by atoms with van der Waals surface area (Å²) in [7, 11) is 3.05. The van der Waals surface area contributed by atoms with E-state index in [9.17, 15) is 9.59 Å². The molecule has 5 heteroatoms. The zero-order chi connectivity index (χ0) is 21.1. The van der Waals surface area contributed by atoms with Crippen LogP contribution in [0.3, 0.4) is 0 Å². The fourth-order valence-electron chi connectivity index (χ4n) is 1.63. The number of nitrogens with one attached hydrogen (secondary N) is 1. The van der Waals surface area contributed by atoms with Gasteiger partial charge < -0.3 is 14.8 Å². The fourth-order valence-corrected chi connectivity index (χ4v) is 1.63. The lowest BCUT2D eigenvalue weighted by atomic mass is 10.0. The molecule has 26 heavy (non-hydrogen) atoms. The number of aryl methyl sites for hydroxylation is 1. The second-order valence-corrected chi connectivity index (χ2v) is 5.29. The van der Waals surface area contributed by atoms with E-state index in [1.807, 2.05) is 40.7 Å². The summed E-state index contributed by atoms with van der Waals surface area (Å²) >= 11 is 0. The Kier molecular flexibility index (Phi) is 21.6. The van der Waals surface area contributed by atoms with E-state index in [4.69, 9.17) is 4.74 Å². The summed E-state index contributed by atoms with van der Waals surface area (Å²) in [5.41, 5.74) is 2.31. The number of carbonyl (C=O) groups excluding carboxylic acids is 2. The molecule has 0 saturated heterocycles. The molecule has 5 nitrogen and oxygen atoms in total. The van der Waals surface area contributed by atoms with Gasteiger partial charge in [0.2, 0.25) is 5.91 Å². The Balaban J connectivity index is -0.000000405. The highest BCUT2D eigenvalue weighted by Crippen LogP contribution is 2.27. The summed E-state index contributed by atoms with van der Waals surface area (Å²) in [6.07, 6.45) is 0. The van der Waals surface area contributed by atoms with Crippen molar-refractivity contribution in [1.29, 1.82) is 0 Å². The van der Waals surface area contributed by atoms with Crippen molar-refractivity contribution in [3.05, 3.63) is 29.3 Å². The van der Waals surface area contributed by atoms with E-state index >= 15 is 0 Å². The Morgan fingerprint density at radius 1 is 1.08 bits per heavy atom. The number of Topliss-reactive ketones (excluding diaryl/α,β-unsaturated/α-hetero) is 1. The molecule has 1 N–H and O–H groups in total. The van der Waals surface area contributed by atoms with Crippen molar-refractivity contribution in [2.24, 2.45) is 0 Å². The fraction of sp³-hybridized carbons (Fsp3) is 0.619.